The first-order valence-corrected chi connectivity index (χ1v) is 4.19. The van der Waals surface area contributed by atoms with Crippen LogP contribution in [-0.4, -0.2) is 28.4 Å². The van der Waals surface area contributed by atoms with Crippen molar-refractivity contribution >= 4 is 17.8 Å². The van der Waals surface area contributed by atoms with Gasteiger partial charge in [0.2, 0.25) is 0 Å². The Morgan fingerprint density at radius 2 is 1.79 bits per heavy atom. The number of hydroxylamine groups is 2. The van der Waals surface area contributed by atoms with Crippen LogP contribution in [0.25, 0.3) is 0 Å². The summed E-state index contributed by atoms with van der Waals surface area (Å²) in [6, 6.07) is 0. The fraction of sp³-hybridized carbons (Fsp3) is 0.625. The smallest absolute Gasteiger partial charge is 0.328 e. The maximum absolute atomic E-state index is 11.2. The molecule has 0 aromatic rings. The van der Waals surface area contributed by atoms with E-state index in [1.807, 2.05) is 0 Å². The molecule has 6 heteroatoms. The first kappa shape index (κ1) is 10.6. The highest BCUT2D eigenvalue weighted by Gasteiger charge is 2.36. The number of nitrogens with zero attached hydrogens (tertiary/aromatic N) is 1. The molecule has 1 aliphatic heterocycles. The van der Waals surface area contributed by atoms with Crippen molar-refractivity contribution in [2.24, 2.45) is 5.73 Å². The van der Waals surface area contributed by atoms with Gasteiger partial charge in [-0.1, -0.05) is 0 Å². The zero-order valence-corrected chi connectivity index (χ0v) is 8.07. The molecule has 0 aromatic heterocycles. The van der Waals surface area contributed by atoms with Gasteiger partial charge in [0.25, 0.3) is 11.8 Å². The van der Waals surface area contributed by atoms with E-state index in [0.717, 1.165) is 0 Å². The zero-order chi connectivity index (χ0) is 10.9. The summed E-state index contributed by atoms with van der Waals surface area (Å²) in [7, 11) is 0. The average Bonchev–Trinajstić information content (AvgIpc) is 2.34. The molecule has 6 nitrogen and oxygen atoms in total. The number of hydrogen-bond donors (Lipinski definition) is 1. The molecule has 1 fully saturated rings. The van der Waals surface area contributed by atoms with Gasteiger partial charge < -0.3 is 10.6 Å². The van der Waals surface area contributed by atoms with Crippen LogP contribution in [0.1, 0.15) is 26.7 Å². The van der Waals surface area contributed by atoms with Gasteiger partial charge in [0, 0.05) is 12.8 Å². The Balaban J connectivity index is 2.65. The van der Waals surface area contributed by atoms with Crippen LogP contribution in [-0.2, 0) is 19.2 Å². The lowest BCUT2D eigenvalue weighted by Crippen LogP contribution is -2.47. The molecule has 0 aliphatic carbocycles. The van der Waals surface area contributed by atoms with E-state index in [2.05, 4.69) is 4.84 Å². The highest BCUT2D eigenvalue weighted by atomic mass is 16.7. The van der Waals surface area contributed by atoms with Crippen molar-refractivity contribution in [1.29, 1.82) is 0 Å². The molecule has 2 N–H and O–H groups in total. The van der Waals surface area contributed by atoms with E-state index < -0.39 is 23.3 Å². The quantitative estimate of drug-likeness (QED) is 0.597. The average molecular weight is 200 g/mol. The van der Waals surface area contributed by atoms with E-state index in [0.29, 0.717) is 5.06 Å². The SMILES string of the molecule is CC(C)(N)C(=O)ON1C(=O)CCC1=O. The lowest BCUT2D eigenvalue weighted by molar-refractivity contribution is -0.200. The molecule has 1 aliphatic rings. The Hall–Kier alpha value is -1.43. The van der Waals surface area contributed by atoms with Gasteiger partial charge in [-0.25, -0.2) is 4.79 Å². The van der Waals surface area contributed by atoms with E-state index in [9.17, 15) is 14.4 Å². The number of rotatable bonds is 2. The predicted octanol–water partition coefficient (Wildman–Crippen LogP) is -0.669. The van der Waals surface area contributed by atoms with Gasteiger partial charge in [-0.15, -0.1) is 5.06 Å². The van der Waals surface area contributed by atoms with Gasteiger partial charge >= 0.3 is 5.97 Å². The Morgan fingerprint density at radius 3 is 2.14 bits per heavy atom. The number of amides is 2. The second kappa shape index (κ2) is 3.38. The molecule has 78 valence electrons. The molecule has 2 amide bonds. The third-order valence-electron chi connectivity index (χ3n) is 1.71. The number of imide groups is 1. The second-order valence-corrected chi connectivity index (χ2v) is 3.68. The molecule has 0 unspecified atom stereocenters. The van der Waals surface area contributed by atoms with E-state index in [-0.39, 0.29) is 12.8 Å². The molecule has 0 aromatic carbocycles. The van der Waals surface area contributed by atoms with Gasteiger partial charge in [-0.3, -0.25) is 9.59 Å². The molecular formula is C8H12N2O4. The first-order valence-electron chi connectivity index (χ1n) is 4.19. The van der Waals surface area contributed by atoms with Gasteiger partial charge in [-0.05, 0) is 13.8 Å². The van der Waals surface area contributed by atoms with Crippen molar-refractivity contribution in [2.45, 2.75) is 32.2 Å². The maximum atomic E-state index is 11.2. The van der Waals surface area contributed by atoms with Crippen molar-refractivity contribution < 1.29 is 19.2 Å². The van der Waals surface area contributed by atoms with Gasteiger partial charge in [0.1, 0.15) is 5.54 Å². The summed E-state index contributed by atoms with van der Waals surface area (Å²) in [6.07, 6.45) is 0.161. The van der Waals surface area contributed by atoms with Crippen LogP contribution in [0, 0.1) is 0 Å². The molecule has 0 spiro atoms. The van der Waals surface area contributed by atoms with Crippen LogP contribution >= 0.6 is 0 Å². The highest BCUT2D eigenvalue weighted by Crippen LogP contribution is 2.14. The van der Waals surface area contributed by atoms with E-state index in [1.54, 1.807) is 0 Å². The fourth-order valence-electron chi connectivity index (χ4n) is 0.858. The monoisotopic (exact) mass is 200 g/mol. The molecule has 0 radical (unpaired) electrons. The van der Waals surface area contributed by atoms with Crippen molar-refractivity contribution in [2.75, 3.05) is 0 Å². The van der Waals surface area contributed by atoms with Crippen molar-refractivity contribution in [3.63, 3.8) is 0 Å². The first-order chi connectivity index (χ1) is 6.32. The Kier molecular flexibility index (Phi) is 2.57. The summed E-state index contributed by atoms with van der Waals surface area (Å²) in [5.41, 5.74) is 4.21. The summed E-state index contributed by atoms with van der Waals surface area (Å²) >= 11 is 0. The molecule has 0 bridgehead atoms. The zero-order valence-electron chi connectivity index (χ0n) is 8.07. The van der Waals surface area contributed by atoms with Crippen LogP contribution in [0.4, 0.5) is 0 Å². The minimum Gasteiger partial charge on any atom is -0.328 e. The van der Waals surface area contributed by atoms with Crippen LogP contribution in [0.3, 0.4) is 0 Å². The van der Waals surface area contributed by atoms with Crippen molar-refractivity contribution in [1.82, 2.24) is 5.06 Å². The summed E-state index contributed by atoms with van der Waals surface area (Å²) in [5.74, 6) is -1.82. The Morgan fingerprint density at radius 1 is 1.36 bits per heavy atom. The lowest BCUT2D eigenvalue weighted by Gasteiger charge is -2.19. The van der Waals surface area contributed by atoms with Gasteiger partial charge in [0.05, 0.1) is 0 Å². The minimum atomic E-state index is -1.22. The molecule has 14 heavy (non-hydrogen) atoms. The number of carbonyl (C=O) groups is 3. The largest absolute Gasteiger partial charge is 0.352 e. The Labute approximate surface area is 80.9 Å². The molecule has 1 rings (SSSR count). The highest BCUT2D eigenvalue weighted by molar-refractivity contribution is 6.01. The Bertz CT molecular complexity index is 276. The summed E-state index contributed by atoms with van der Waals surface area (Å²) in [6.45, 7) is 2.86. The minimum absolute atomic E-state index is 0.0805. The maximum Gasteiger partial charge on any atom is 0.352 e. The second-order valence-electron chi connectivity index (χ2n) is 3.68. The van der Waals surface area contributed by atoms with Crippen LogP contribution in [0.2, 0.25) is 0 Å². The number of nitrogens with two attached hydrogens (primary N) is 1. The fourth-order valence-corrected chi connectivity index (χ4v) is 0.858. The normalized spacial score (nSPS) is 17.5. The van der Waals surface area contributed by atoms with Gasteiger partial charge in [-0.2, -0.15) is 0 Å². The van der Waals surface area contributed by atoms with Crippen LogP contribution in [0.15, 0.2) is 0 Å². The molecule has 0 atom stereocenters. The molecule has 0 saturated carbocycles. The number of hydrogen-bond acceptors (Lipinski definition) is 5. The van der Waals surface area contributed by atoms with Gasteiger partial charge in [0.15, 0.2) is 0 Å². The summed E-state index contributed by atoms with van der Waals surface area (Å²) in [5, 5.41) is 0.483. The van der Waals surface area contributed by atoms with Crippen LogP contribution < -0.4 is 5.73 Å². The van der Waals surface area contributed by atoms with E-state index >= 15 is 0 Å². The van der Waals surface area contributed by atoms with E-state index in [4.69, 9.17) is 5.73 Å². The molecular weight excluding hydrogens is 188 g/mol. The third-order valence-corrected chi connectivity index (χ3v) is 1.71. The lowest BCUT2D eigenvalue weighted by atomic mass is 10.1. The third kappa shape index (κ3) is 2.08. The van der Waals surface area contributed by atoms with Crippen molar-refractivity contribution in [3.8, 4) is 0 Å². The standard InChI is InChI=1S/C8H12N2O4/c1-8(2,9)7(13)14-10-5(11)3-4-6(10)12/h3-4,9H2,1-2H3. The predicted molar refractivity (Wildman–Crippen MR) is 45.4 cm³/mol. The summed E-state index contributed by atoms with van der Waals surface area (Å²) in [4.78, 5) is 37.9. The van der Waals surface area contributed by atoms with Crippen molar-refractivity contribution in [3.05, 3.63) is 0 Å². The molecule has 1 saturated heterocycles. The molecule has 1 heterocycles. The summed E-state index contributed by atoms with van der Waals surface area (Å²) < 4.78 is 0. The van der Waals surface area contributed by atoms with E-state index in [1.165, 1.54) is 13.8 Å². The topological polar surface area (TPSA) is 89.7 Å². The number of carbonyl (C=O) groups excluding carboxylic acids is 3. The van der Waals surface area contributed by atoms with Crippen LogP contribution in [0.5, 0.6) is 0 Å².